The third kappa shape index (κ3) is 3.82. The van der Waals surface area contributed by atoms with E-state index in [2.05, 4.69) is 63.2 Å². The topological polar surface area (TPSA) is 43.6 Å². The Morgan fingerprint density at radius 2 is 2.13 bits per heavy atom. The van der Waals surface area contributed by atoms with Crippen molar-refractivity contribution < 1.29 is 0 Å². The minimum atomic E-state index is 0.833. The van der Waals surface area contributed by atoms with Gasteiger partial charge in [0.1, 0.15) is 0 Å². The van der Waals surface area contributed by atoms with Crippen LogP contribution in [0.3, 0.4) is 0 Å². The van der Waals surface area contributed by atoms with Crippen molar-refractivity contribution in [2.24, 2.45) is 7.05 Å². The Morgan fingerprint density at radius 1 is 1.26 bits per heavy atom. The van der Waals surface area contributed by atoms with E-state index in [4.69, 9.17) is 0 Å². The number of hydrogen-bond donors (Lipinski definition) is 0. The maximum Gasteiger partial charge on any atom is 0.191 e. The van der Waals surface area contributed by atoms with Crippen LogP contribution in [0.5, 0.6) is 0 Å². The van der Waals surface area contributed by atoms with Gasteiger partial charge in [-0.05, 0) is 25.8 Å². The molecule has 120 valence electrons. The number of thioether (sulfide) groups is 1. The van der Waals surface area contributed by atoms with E-state index in [9.17, 15) is 0 Å². The molecule has 0 fully saturated rings. The summed E-state index contributed by atoms with van der Waals surface area (Å²) < 4.78 is 2.05. The van der Waals surface area contributed by atoms with Gasteiger partial charge in [-0.3, -0.25) is 0 Å². The Bertz CT molecular complexity index is 791. The summed E-state index contributed by atoms with van der Waals surface area (Å²) in [6.45, 7) is 4.27. The normalized spacial score (nSPS) is 11.1. The molecule has 0 spiro atoms. The Balaban J connectivity index is 1.71. The maximum atomic E-state index is 4.66. The lowest BCUT2D eigenvalue weighted by molar-refractivity contribution is 0.793. The summed E-state index contributed by atoms with van der Waals surface area (Å²) in [5.74, 6) is 1.74. The summed E-state index contributed by atoms with van der Waals surface area (Å²) in [5, 5.41) is 13.0. The fourth-order valence-electron chi connectivity index (χ4n) is 2.36. The van der Waals surface area contributed by atoms with Crippen molar-refractivity contribution in [2.75, 3.05) is 0 Å². The molecule has 0 aliphatic rings. The van der Waals surface area contributed by atoms with Gasteiger partial charge in [-0.1, -0.05) is 42.4 Å². The second-order valence-electron chi connectivity index (χ2n) is 5.51. The lowest BCUT2D eigenvalue weighted by Gasteiger charge is -2.04. The molecular formula is C17H20N4S2. The molecule has 0 amide bonds. The number of benzene rings is 1. The largest absolute Gasteiger partial charge is 0.305 e. The lowest BCUT2D eigenvalue weighted by atomic mass is 10.1. The number of hydrogen-bond acceptors (Lipinski definition) is 5. The van der Waals surface area contributed by atoms with E-state index in [-0.39, 0.29) is 0 Å². The number of nitrogens with zero attached hydrogens (tertiary/aromatic N) is 4. The molecule has 2 heterocycles. The average molecular weight is 345 g/mol. The smallest absolute Gasteiger partial charge is 0.191 e. The molecule has 0 radical (unpaired) electrons. The Hall–Kier alpha value is -1.66. The molecule has 0 bridgehead atoms. The van der Waals surface area contributed by atoms with Crippen LogP contribution in [0.15, 0.2) is 34.8 Å². The first-order valence-electron chi connectivity index (χ1n) is 7.70. The van der Waals surface area contributed by atoms with Crippen molar-refractivity contribution >= 4 is 23.1 Å². The molecule has 1 aromatic carbocycles. The predicted octanol–water partition coefficient (Wildman–Crippen LogP) is 4.49. The van der Waals surface area contributed by atoms with Crippen LogP contribution < -0.4 is 0 Å². The minimum Gasteiger partial charge on any atom is -0.305 e. The van der Waals surface area contributed by atoms with E-state index >= 15 is 0 Å². The van der Waals surface area contributed by atoms with Gasteiger partial charge in [-0.25, -0.2) is 4.98 Å². The van der Waals surface area contributed by atoms with Crippen molar-refractivity contribution in [1.29, 1.82) is 0 Å². The molecular weight excluding hydrogens is 324 g/mol. The van der Waals surface area contributed by atoms with Crippen LogP contribution in [0.25, 0.3) is 11.4 Å². The van der Waals surface area contributed by atoms with Crippen molar-refractivity contribution in [2.45, 2.75) is 37.6 Å². The molecule has 0 N–H and O–H groups in total. The highest BCUT2D eigenvalue weighted by Gasteiger charge is 2.12. The van der Waals surface area contributed by atoms with Crippen LogP contribution in [0.2, 0.25) is 0 Å². The fraction of sp³-hybridized carbons (Fsp3) is 0.353. The zero-order valence-electron chi connectivity index (χ0n) is 13.6. The first-order valence-corrected chi connectivity index (χ1v) is 9.56. The highest BCUT2D eigenvalue weighted by Crippen LogP contribution is 2.26. The Kier molecular flexibility index (Phi) is 5.13. The molecule has 0 aliphatic heterocycles. The standard InChI is InChI=1S/C17H20N4S2/c1-4-6-15-18-14(10-22-15)11-23-17-20-19-16(21(17)3)13-8-5-7-12(2)9-13/h5,7-10H,4,6,11H2,1-3H3. The first-order chi connectivity index (χ1) is 11.2. The fourth-order valence-corrected chi connectivity index (χ4v) is 4.17. The van der Waals surface area contributed by atoms with Gasteiger partial charge in [0.15, 0.2) is 11.0 Å². The number of rotatable bonds is 6. The number of thiazole rings is 1. The van der Waals surface area contributed by atoms with Crippen LogP contribution in [0.1, 0.15) is 29.6 Å². The van der Waals surface area contributed by atoms with Gasteiger partial charge in [0.25, 0.3) is 0 Å². The Morgan fingerprint density at radius 3 is 2.91 bits per heavy atom. The molecule has 4 nitrogen and oxygen atoms in total. The third-order valence-electron chi connectivity index (χ3n) is 3.52. The predicted molar refractivity (Wildman–Crippen MR) is 96.8 cm³/mol. The maximum absolute atomic E-state index is 4.66. The third-order valence-corrected chi connectivity index (χ3v) is 5.53. The van der Waals surface area contributed by atoms with Gasteiger partial charge in [-0.15, -0.1) is 21.5 Å². The number of aromatic nitrogens is 4. The zero-order valence-corrected chi connectivity index (χ0v) is 15.2. The van der Waals surface area contributed by atoms with Gasteiger partial charge < -0.3 is 4.57 Å². The van der Waals surface area contributed by atoms with Gasteiger partial charge in [0.05, 0.1) is 10.7 Å². The second kappa shape index (κ2) is 7.27. The Labute approximate surface area is 145 Å². The molecule has 0 aliphatic carbocycles. The van der Waals surface area contributed by atoms with Crippen molar-refractivity contribution in [3.8, 4) is 11.4 Å². The molecule has 3 rings (SSSR count). The molecule has 3 aromatic rings. The SMILES string of the molecule is CCCc1nc(CSc2nnc(-c3cccc(C)c3)n2C)cs1. The minimum absolute atomic E-state index is 0.833. The first kappa shape index (κ1) is 16.2. The summed E-state index contributed by atoms with van der Waals surface area (Å²) >= 11 is 3.43. The summed E-state index contributed by atoms with van der Waals surface area (Å²) in [6.07, 6.45) is 2.21. The van der Waals surface area contributed by atoms with E-state index < -0.39 is 0 Å². The molecule has 0 unspecified atom stereocenters. The average Bonchev–Trinajstić information content (AvgIpc) is 3.12. The lowest BCUT2D eigenvalue weighted by Crippen LogP contribution is -1.95. The van der Waals surface area contributed by atoms with E-state index in [1.54, 1.807) is 23.1 Å². The van der Waals surface area contributed by atoms with Crippen LogP contribution in [-0.4, -0.2) is 19.7 Å². The highest BCUT2D eigenvalue weighted by molar-refractivity contribution is 7.98. The molecule has 6 heteroatoms. The summed E-state index contributed by atoms with van der Waals surface area (Å²) in [6, 6.07) is 8.35. The monoisotopic (exact) mass is 344 g/mol. The second-order valence-corrected chi connectivity index (χ2v) is 7.39. The molecule has 23 heavy (non-hydrogen) atoms. The van der Waals surface area contributed by atoms with E-state index in [1.807, 2.05) is 7.05 Å². The van der Waals surface area contributed by atoms with Gasteiger partial charge in [0.2, 0.25) is 0 Å². The zero-order chi connectivity index (χ0) is 16.2. The van der Waals surface area contributed by atoms with Gasteiger partial charge in [-0.2, -0.15) is 0 Å². The van der Waals surface area contributed by atoms with E-state index in [0.29, 0.717) is 0 Å². The van der Waals surface area contributed by atoms with E-state index in [0.717, 1.165) is 40.8 Å². The van der Waals surface area contributed by atoms with E-state index in [1.165, 1.54) is 10.6 Å². The quantitative estimate of drug-likeness (QED) is 0.618. The van der Waals surface area contributed by atoms with Crippen LogP contribution in [-0.2, 0) is 19.2 Å². The van der Waals surface area contributed by atoms with Crippen molar-refractivity contribution in [1.82, 2.24) is 19.7 Å². The summed E-state index contributed by atoms with van der Waals surface area (Å²) in [7, 11) is 2.02. The van der Waals surface area contributed by atoms with Crippen LogP contribution in [0, 0.1) is 6.92 Å². The molecule has 0 atom stereocenters. The summed E-state index contributed by atoms with van der Waals surface area (Å²) in [5.41, 5.74) is 3.46. The number of aryl methyl sites for hydroxylation is 2. The van der Waals surface area contributed by atoms with Gasteiger partial charge in [0, 0.05) is 23.7 Å². The molecule has 0 saturated heterocycles. The van der Waals surface area contributed by atoms with Crippen molar-refractivity contribution in [3.05, 3.63) is 45.9 Å². The summed E-state index contributed by atoms with van der Waals surface area (Å²) in [4.78, 5) is 4.66. The molecule has 0 saturated carbocycles. The van der Waals surface area contributed by atoms with Crippen LogP contribution >= 0.6 is 23.1 Å². The highest BCUT2D eigenvalue weighted by atomic mass is 32.2. The van der Waals surface area contributed by atoms with Gasteiger partial charge >= 0.3 is 0 Å². The molecule has 2 aromatic heterocycles. The van der Waals surface area contributed by atoms with Crippen LogP contribution in [0.4, 0.5) is 0 Å². The van der Waals surface area contributed by atoms with Crippen molar-refractivity contribution in [3.63, 3.8) is 0 Å².